The molecule has 1 aliphatic rings. The fraction of sp³-hybridized carbons (Fsp3) is 0.234. The van der Waals surface area contributed by atoms with Crippen molar-refractivity contribution in [2.75, 3.05) is 0 Å². The summed E-state index contributed by atoms with van der Waals surface area (Å²) in [4.78, 5) is 8.90. The predicted molar refractivity (Wildman–Crippen MR) is 202 cm³/mol. The van der Waals surface area contributed by atoms with Crippen molar-refractivity contribution in [1.82, 2.24) is 9.97 Å². The summed E-state index contributed by atoms with van der Waals surface area (Å²) in [6.07, 6.45) is 14.4. The molecule has 1 atom stereocenters. The average molecular weight is 827 g/mol. The number of nitrogens with zero attached hydrogens (tertiary/aromatic N) is 2. The molecule has 0 aliphatic heterocycles. The smallest absolute Gasteiger partial charge is 0.0299 e. The SMILES string of the molecule is C=C=C=C=C=C=C=CC1(CCCCCCCC)c2cc(-c3ccc(C)cn3)[c-]cc2-c2ccc(C)cc21.[Ir].[c-]1ccccc1-c1ccccn1. The molecular weight excluding hydrogens is 785 g/mol. The van der Waals surface area contributed by atoms with Crippen molar-refractivity contribution >= 4 is 0 Å². The van der Waals surface area contributed by atoms with Crippen molar-refractivity contribution in [2.24, 2.45) is 0 Å². The van der Waals surface area contributed by atoms with Crippen molar-refractivity contribution in [2.45, 2.75) is 71.1 Å². The standard InChI is InChI=1S/C36H34N.C11H8N.Ir/c1-5-7-9-11-13-15-23-36(24-16-14-12-10-8-6-2)33-25-28(3)17-20-31(33)32-21-19-30(26-34(32)36)35-22-18-29(4)27-37-35;1-2-6-10(7-3-1)11-8-4-5-9-12-11;/h17-18,20-23,25-27H,1,6,8,10,12,14,16,24H2,2-4H3;1-6,8-9H;/q2*-1;. The van der Waals surface area contributed by atoms with Crippen LogP contribution in [0.5, 0.6) is 0 Å². The van der Waals surface area contributed by atoms with Gasteiger partial charge in [-0.25, -0.2) is 0 Å². The number of hydrogen-bond donors (Lipinski definition) is 0. The van der Waals surface area contributed by atoms with E-state index < -0.39 is 0 Å². The largest absolute Gasteiger partial charge is 0.305 e. The molecule has 1 unspecified atom stereocenters. The Labute approximate surface area is 312 Å². The summed E-state index contributed by atoms with van der Waals surface area (Å²) in [5.41, 5.74) is 28.3. The quantitative estimate of drug-likeness (QED) is 0.0796. The van der Waals surface area contributed by atoms with Crippen molar-refractivity contribution in [3.8, 4) is 33.6 Å². The molecule has 0 bridgehead atoms. The Morgan fingerprint density at radius 1 is 0.720 bits per heavy atom. The number of benzene rings is 3. The number of aromatic nitrogens is 2. The van der Waals surface area contributed by atoms with Crippen LogP contribution in [-0.4, -0.2) is 9.97 Å². The van der Waals surface area contributed by atoms with Gasteiger partial charge in [-0.05, 0) is 84.4 Å². The zero-order valence-electron chi connectivity index (χ0n) is 29.2. The van der Waals surface area contributed by atoms with Gasteiger partial charge in [-0.1, -0.05) is 116 Å². The molecule has 0 spiro atoms. The van der Waals surface area contributed by atoms with Crippen LogP contribution in [0.4, 0.5) is 0 Å². The molecule has 2 heterocycles. The number of pyridine rings is 2. The molecule has 0 N–H and O–H groups in total. The Bertz CT molecular complexity index is 2060. The molecule has 2 nitrogen and oxygen atoms in total. The number of unbranched alkanes of at least 4 members (excludes halogenated alkanes) is 5. The first-order valence-corrected chi connectivity index (χ1v) is 17.2. The van der Waals surface area contributed by atoms with E-state index >= 15 is 0 Å². The van der Waals surface area contributed by atoms with E-state index in [1.54, 1.807) is 6.20 Å². The molecule has 0 saturated carbocycles. The Balaban J connectivity index is 0.000000362. The summed E-state index contributed by atoms with van der Waals surface area (Å²) in [5, 5.41) is 0. The Kier molecular flexibility index (Phi) is 14.6. The van der Waals surface area contributed by atoms with Crippen molar-refractivity contribution in [3.63, 3.8) is 0 Å². The normalized spacial score (nSPS) is 13.2. The maximum absolute atomic E-state index is 4.69. The third-order valence-electron chi connectivity index (χ3n) is 8.81. The zero-order chi connectivity index (χ0) is 34.3. The summed E-state index contributed by atoms with van der Waals surface area (Å²) in [6, 6.07) is 35.8. The molecule has 6 rings (SSSR count). The second-order valence-corrected chi connectivity index (χ2v) is 12.4. The molecule has 0 amide bonds. The van der Waals surface area contributed by atoms with Gasteiger partial charge in [-0.3, -0.25) is 0 Å². The first-order valence-electron chi connectivity index (χ1n) is 17.2. The van der Waals surface area contributed by atoms with E-state index in [1.807, 2.05) is 48.7 Å². The molecule has 3 aromatic carbocycles. The Hall–Kier alpha value is -4.97. The molecular formula is C47H42IrN2-2. The van der Waals surface area contributed by atoms with Crippen LogP contribution in [0, 0.1) is 26.0 Å². The maximum atomic E-state index is 4.69. The number of aryl methyl sites for hydroxylation is 2. The maximum Gasteiger partial charge on any atom is 0.0299 e. The van der Waals surface area contributed by atoms with Gasteiger partial charge < -0.3 is 9.97 Å². The van der Waals surface area contributed by atoms with Crippen LogP contribution in [0.25, 0.3) is 33.6 Å². The minimum Gasteiger partial charge on any atom is -0.305 e. The Morgan fingerprint density at radius 3 is 2.22 bits per heavy atom. The van der Waals surface area contributed by atoms with Crippen molar-refractivity contribution < 1.29 is 20.1 Å². The molecule has 0 fully saturated rings. The van der Waals surface area contributed by atoms with Gasteiger partial charge in [0, 0.05) is 37.9 Å². The number of fused-ring (bicyclic) bond motifs is 3. The van der Waals surface area contributed by atoms with Crippen LogP contribution in [0.3, 0.4) is 0 Å². The van der Waals surface area contributed by atoms with Gasteiger partial charge in [0.1, 0.15) is 0 Å². The van der Waals surface area contributed by atoms with E-state index in [2.05, 4.69) is 132 Å². The second-order valence-electron chi connectivity index (χ2n) is 12.4. The molecule has 5 aromatic rings. The van der Waals surface area contributed by atoms with Crippen LogP contribution in [-0.2, 0) is 25.5 Å². The summed E-state index contributed by atoms with van der Waals surface area (Å²) < 4.78 is 0. The fourth-order valence-corrected chi connectivity index (χ4v) is 6.32. The number of rotatable bonds is 10. The van der Waals surface area contributed by atoms with Gasteiger partial charge in [0.15, 0.2) is 0 Å². The van der Waals surface area contributed by atoms with Gasteiger partial charge in [0.25, 0.3) is 0 Å². The van der Waals surface area contributed by atoms with E-state index in [4.69, 9.17) is 0 Å². The number of hydrogen-bond acceptors (Lipinski definition) is 2. The molecule has 2 aromatic heterocycles. The molecule has 50 heavy (non-hydrogen) atoms. The summed E-state index contributed by atoms with van der Waals surface area (Å²) in [5.74, 6) is 0. The summed E-state index contributed by atoms with van der Waals surface area (Å²) >= 11 is 0. The van der Waals surface area contributed by atoms with E-state index in [-0.39, 0.29) is 25.5 Å². The molecule has 1 radical (unpaired) electrons. The monoisotopic (exact) mass is 827 g/mol. The summed E-state index contributed by atoms with van der Waals surface area (Å²) in [6.45, 7) is 10.0. The van der Waals surface area contributed by atoms with Gasteiger partial charge in [0.05, 0.1) is 0 Å². The van der Waals surface area contributed by atoms with Crippen LogP contribution in [0.15, 0.2) is 144 Å². The third kappa shape index (κ3) is 9.59. The van der Waals surface area contributed by atoms with E-state index in [1.165, 1.54) is 59.9 Å². The van der Waals surface area contributed by atoms with Crippen molar-refractivity contribution in [1.29, 1.82) is 0 Å². The topological polar surface area (TPSA) is 25.8 Å². The first-order chi connectivity index (χ1) is 24.1. The summed E-state index contributed by atoms with van der Waals surface area (Å²) in [7, 11) is 0. The zero-order valence-corrected chi connectivity index (χ0v) is 31.6. The van der Waals surface area contributed by atoms with Gasteiger partial charge in [0.2, 0.25) is 0 Å². The predicted octanol–water partition coefficient (Wildman–Crippen LogP) is 11.8. The number of allylic oxidation sites excluding steroid dienone is 1. The fourth-order valence-electron chi connectivity index (χ4n) is 6.32. The van der Waals surface area contributed by atoms with E-state index in [9.17, 15) is 0 Å². The molecule has 0 saturated heterocycles. The van der Waals surface area contributed by atoms with Crippen molar-refractivity contribution in [3.05, 3.63) is 179 Å². The third-order valence-corrected chi connectivity index (χ3v) is 8.81. The van der Waals surface area contributed by atoms with E-state index in [0.717, 1.165) is 40.9 Å². The van der Waals surface area contributed by atoms with Crippen LogP contribution >= 0.6 is 0 Å². The van der Waals surface area contributed by atoms with Gasteiger partial charge in [-0.2, -0.15) is 0 Å². The molecule has 3 heteroatoms. The van der Waals surface area contributed by atoms with Gasteiger partial charge >= 0.3 is 0 Å². The molecule has 1 aliphatic carbocycles. The average Bonchev–Trinajstić information content (AvgIpc) is 3.40. The second kappa shape index (κ2) is 19.3. The van der Waals surface area contributed by atoms with Gasteiger partial charge in [-0.15, -0.1) is 65.2 Å². The first kappa shape index (κ1) is 37.8. The van der Waals surface area contributed by atoms with E-state index in [0.29, 0.717) is 0 Å². The minimum atomic E-state index is -0.303. The minimum absolute atomic E-state index is 0. The van der Waals surface area contributed by atoms with Crippen LogP contribution in [0.1, 0.15) is 74.1 Å². The Morgan fingerprint density at radius 2 is 1.48 bits per heavy atom. The van der Waals surface area contributed by atoms with Crippen LogP contribution in [0.2, 0.25) is 0 Å². The van der Waals surface area contributed by atoms with Crippen LogP contribution < -0.4 is 0 Å². The molecule has 251 valence electrons.